The molecule has 4 rings (SSSR count). The van der Waals surface area contributed by atoms with Gasteiger partial charge in [0, 0.05) is 38.0 Å². The third-order valence-corrected chi connectivity index (χ3v) is 6.60. The van der Waals surface area contributed by atoms with Gasteiger partial charge >= 0.3 is 0 Å². The zero-order valence-electron chi connectivity index (χ0n) is 17.3. The molecule has 1 aromatic carbocycles. The molecule has 1 aliphatic carbocycles. The van der Waals surface area contributed by atoms with Crippen LogP contribution in [0.15, 0.2) is 24.3 Å². The second-order valence-electron chi connectivity index (χ2n) is 8.56. The minimum absolute atomic E-state index is 0.0522. The number of imide groups is 1. The maximum atomic E-state index is 12.6. The number of amides is 4. The van der Waals surface area contributed by atoms with E-state index in [2.05, 4.69) is 5.32 Å². The Hall–Kier alpha value is -2.70. The fourth-order valence-corrected chi connectivity index (χ4v) is 4.76. The highest BCUT2D eigenvalue weighted by Gasteiger charge is 2.35. The number of nitrogens with zero attached hydrogens (tertiary/aromatic N) is 2. The maximum Gasteiger partial charge on any atom is 0.261 e. The highest BCUT2D eigenvalue weighted by Crippen LogP contribution is 2.25. The predicted octanol–water partition coefficient (Wildman–Crippen LogP) is 2.36. The van der Waals surface area contributed by atoms with E-state index in [9.17, 15) is 19.2 Å². The Morgan fingerprint density at radius 3 is 2.10 bits per heavy atom. The Morgan fingerprint density at radius 2 is 1.50 bits per heavy atom. The topological polar surface area (TPSA) is 86.8 Å². The number of piperidine rings is 1. The van der Waals surface area contributed by atoms with Gasteiger partial charge in [0.2, 0.25) is 11.8 Å². The molecule has 1 N–H and O–H groups in total. The van der Waals surface area contributed by atoms with Crippen molar-refractivity contribution >= 4 is 23.6 Å². The van der Waals surface area contributed by atoms with E-state index >= 15 is 0 Å². The molecule has 2 heterocycles. The van der Waals surface area contributed by atoms with Crippen LogP contribution in [0.4, 0.5) is 0 Å². The molecule has 3 aliphatic rings. The van der Waals surface area contributed by atoms with Crippen LogP contribution in [-0.4, -0.2) is 59.1 Å². The van der Waals surface area contributed by atoms with Crippen molar-refractivity contribution in [2.45, 2.75) is 57.4 Å². The van der Waals surface area contributed by atoms with Gasteiger partial charge in [0.15, 0.2) is 0 Å². The molecule has 30 heavy (non-hydrogen) atoms. The first-order valence-electron chi connectivity index (χ1n) is 11.1. The average molecular weight is 412 g/mol. The SMILES string of the molecule is O=C(NC1CCN(C(=O)CCN2C(=O)c3ccccc3C2=O)CC1)C1CCCCC1. The summed E-state index contributed by atoms with van der Waals surface area (Å²) in [5.41, 5.74) is 0.814. The lowest BCUT2D eigenvalue weighted by molar-refractivity contribution is -0.132. The number of nitrogens with one attached hydrogen (secondary N) is 1. The number of carbonyl (C=O) groups excluding carboxylic acids is 4. The van der Waals surface area contributed by atoms with Crippen molar-refractivity contribution in [2.75, 3.05) is 19.6 Å². The van der Waals surface area contributed by atoms with Crippen molar-refractivity contribution < 1.29 is 19.2 Å². The lowest BCUT2D eigenvalue weighted by atomic mass is 9.88. The molecule has 1 aromatic rings. The number of rotatable bonds is 5. The van der Waals surface area contributed by atoms with Crippen LogP contribution in [-0.2, 0) is 9.59 Å². The van der Waals surface area contributed by atoms with Crippen LogP contribution in [0.25, 0.3) is 0 Å². The molecule has 0 aromatic heterocycles. The van der Waals surface area contributed by atoms with E-state index in [1.807, 2.05) is 0 Å². The van der Waals surface area contributed by atoms with Crippen LogP contribution in [0, 0.1) is 5.92 Å². The van der Waals surface area contributed by atoms with Gasteiger partial charge in [0.1, 0.15) is 0 Å². The maximum absolute atomic E-state index is 12.6. The van der Waals surface area contributed by atoms with Gasteiger partial charge in [-0.2, -0.15) is 0 Å². The van der Waals surface area contributed by atoms with E-state index in [4.69, 9.17) is 0 Å². The van der Waals surface area contributed by atoms with Gasteiger partial charge in [-0.1, -0.05) is 31.4 Å². The molecule has 1 saturated heterocycles. The number of benzene rings is 1. The molecule has 0 bridgehead atoms. The largest absolute Gasteiger partial charge is 0.353 e. The molecule has 0 atom stereocenters. The van der Waals surface area contributed by atoms with Crippen molar-refractivity contribution in [2.24, 2.45) is 5.92 Å². The van der Waals surface area contributed by atoms with Crippen molar-refractivity contribution in [3.05, 3.63) is 35.4 Å². The molecule has 0 radical (unpaired) electrons. The molecule has 0 unspecified atom stereocenters. The fourth-order valence-electron chi connectivity index (χ4n) is 4.76. The van der Waals surface area contributed by atoms with Gasteiger partial charge < -0.3 is 10.2 Å². The summed E-state index contributed by atoms with van der Waals surface area (Å²) in [6.07, 6.45) is 7.10. The highest BCUT2D eigenvalue weighted by molar-refractivity contribution is 6.21. The second kappa shape index (κ2) is 8.98. The van der Waals surface area contributed by atoms with Crippen molar-refractivity contribution in [3.63, 3.8) is 0 Å². The molecular formula is C23H29N3O4. The molecule has 2 fully saturated rings. The molecular weight excluding hydrogens is 382 g/mol. The summed E-state index contributed by atoms with van der Waals surface area (Å²) >= 11 is 0. The summed E-state index contributed by atoms with van der Waals surface area (Å²) in [6, 6.07) is 6.87. The van der Waals surface area contributed by atoms with Crippen LogP contribution in [0.1, 0.15) is 72.1 Å². The van der Waals surface area contributed by atoms with Crippen LogP contribution in [0.5, 0.6) is 0 Å². The van der Waals surface area contributed by atoms with Crippen molar-refractivity contribution in [1.82, 2.24) is 15.1 Å². The van der Waals surface area contributed by atoms with Gasteiger partial charge in [-0.15, -0.1) is 0 Å². The van der Waals surface area contributed by atoms with E-state index in [0.717, 1.165) is 38.5 Å². The number of carbonyl (C=O) groups is 4. The quantitative estimate of drug-likeness (QED) is 0.754. The molecule has 1 saturated carbocycles. The van der Waals surface area contributed by atoms with Crippen LogP contribution in [0.3, 0.4) is 0 Å². The number of fused-ring (bicyclic) bond motifs is 1. The standard InChI is InChI=1S/C23H29N3O4/c27-20(12-15-26-22(29)18-8-4-5-9-19(18)23(26)30)25-13-10-17(11-14-25)24-21(28)16-6-2-1-3-7-16/h4-5,8-9,16-17H,1-3,6-7,10-15H2,(H,24,28). The summed E-state index contributed by atoms with van der Waals surface area (Å²) in [6.45, 7) is 1.29. The Morgan fingerprint density at radius 1 is 0.900 bits per heavy atom. The third-order valence-electron chi connectivity index (χ3n) is 6.60. The zero-order chi connectivity index (χ0) is 21.1. The lowest BCUT2D eigenvalue weighted by Crippen LogP contribution is -2.48. The Labute approximate surface area is 176 Å². The molecule has 7 nitrogen and oxygen atoms in total. The van der Waals surface area contributed by atoms with E-state index in [-0.39, 0.29) is 48.6 Å². The minimum Gasteiger partial charge on any atom is -0.353 e. The van der Waals surface area contributed by atoms with Gasteiger partial charge in [-0.05, 0) is 37.8 Å². The lowest BCUT2D eigenvalue weighted by Gasteiger charge is -2.33. The van der Waals surface area contributed by atoms with E-state index < -0.39 is 0 Å². The van der Waals surface area contributed by atoms with Crippen LogP contribution in [0.2, 0.25) is 0 Å². The minimum atomic E-state index is -0.326. The first-order chi connectivity index (χ1) is 14.5. The molecule has 160 valence electrons. The van der Waals surface area contributed by atoms with Crippen LogP contribution >= 0.6 is 0 Å². The summed E-state index contributed by atoms with van der Waals surface area (Å²) < 4.78 is 0. The molecule has 7 heteroatoms. The Kier molecular flexibility index (Phi) is 6.16. The predicted molar refractivity (Wildman–Crippen MR) is 111 cm³/mol. The number of likely N-dealkylation sites (tertiary alicyclic amines) is 1. The van der Waals surface area contributed by atoms with Gasteiger partial charge in [0.05, 0.1) is 11.1 Å². The summed E-state index contributed by atoms with van der Waals surface area (Å²) in [7, 11) is 0. The number of hydrogen-bond donors (Lipinski definition) is 1. The monoisotopic (exact) mass is 411 g/mol. The first-order valence-corrected chi connectivity index (χ1v) is 11.1. The normalized spacial score (nSPS) is 20.4. The fraction of sp³-hybridized carbons (Fsp3) is 0.565. The van der Waals surface area contributed by atoms with E-state index in [0.29, 0.717) is 24.2 Å². The number of hydrogen-bond acceptors (Lipinski definition) is 4. The third kappa shape index (κ3) is 4.25. The Balaban J connectivity index is 1.22. The van der Waals surface area contributed by atoms with Crippen molar-refractivity contribution in [1.29, 1.82) is 0 Å². The molecule has 0 spiro atoms. The van der Waals surface area contributed by atoms with E-state index in [1.54, 1.807) is 29.2 Å². The second-order valence-corrected chi connectivity index (χ2v) is 8.56. The Bertz CT molecular complexity index is 804. The van der Waals surface area contributed by atoms with E-state index in [1.165, 1.54) is 11.3 Å². The zero-order valence-corrected chi connectivity index (χ0v) is 17.3. The van der Waals surface area contributed by atoms with Gasteiger partial charge in [-0.25, -0.2) is 0 Å². The summed E-state index contributed by atoms with van der Waals surface area (Å²) in [4.78, 5) is 52.8. The van der Waals surface area contributed by atoms with Gasteiger partial charge in [-0.3, -0.25) is 24.1 Å². The smallest absolute Gasteiger partial charge is 0.261 e. The summed E-state index contributed by atoms with van der Waals surface area (Å²) in [5.74, 6) is -0.383. The molecule has 4 amide bonds. The average Bonchev–Trinajstić information content (AvgIpc) is 3.03. The summed E-state index contributed by atoms with van der Waals surface area (Å²) in [5, 5.41) is 3.17. The first kappa shape index (κ1) is 20.6. The van der Waals surface area contributed by atoms with Crippen molar-refractivity contribution in [3.8, 4) is 0 Å². The molecule has 2 aliphatic heterocycles. The van der Waals surface area contributed by atoms with Crippen LogP contribution < -0.4 is 5.32 Å². The highest BCUT2D eigenvalue weighted by atomic mass is 16.2. The van der Waals surface area contributed by atoms with Gasteiger partial charge in [0.25, 0.3) is 11.8 Å².